The third-order valence-corrected chi connectivity index (χ3v) is 2.16. The summed E-state index contributed by atoms with van der Waals surface area (Å²) < 4.78 is 5.43. The summed E-state index contributed by atoms with van der Waals surface area (Å²) in [4.78, 5) is 0. The number of ether oxygens (including phenoxy) is 1. The molecular weight excluding hydrogens is 206 g/mol. The van der Waals surface area contributed by atoms with Gasteiger partial charge in [0.05, 0.1) is 6.10 Å². The standard InChI is InChI=1S/C11H25N3O2/c1-9(2)16-7-5-4-6-13-10(3)8-11(12)14-15/h9-10,13,15H,4-8H2,1-3H3,(H2,12,14). The summed E-state index contributed by atoms with van der Waals surface area (Å²) in [6, 6.07) is 0.238. The maximum atomic E-state index is 8.40. The number of nitrogens with two attached hydrogens (primary N) is 1. The van der Waals surface area contributed by atoms with Crippen molar-refractivity contribution in [2.45, 2.75) is 52.2 Å². The molecule has 0 aromatic carbocycles. The van der Waals surface area contributed by atoms with Crippen LogP contribution in [-0.2, 0) is 4.74 Å². The van der Waals surface area contributed by atoms with E-state index in [0.29, 0.717) is 12.5 Å². The molecule has 0 fully saturated rings. The molecule has 5 heteroatoms. The molecule has 5 nitrogen and oxygen atoms in total. The lowest BCUT2D eigenvalue weighted by atomic mass is 10.2. The molecule has 0 bridgehead atoms. The highest BCUT2D eigenvalue weighted by Crippen LogP contribution is 1.95. The van der Waals surface area contributed by atoms with Crippen LogP contribution in [0.3, 0.4) is 0 Å². The number of unbranched alkanes of at least 4 members (excludes halogenated alkanes) is 1. The monoisotopic (exact) mass is 231 g/mol. The molecule has 0 aliphatic heterocycles. The zero-order valence-corrected chi connectivity index (χ0v) is 10.6. The number of rotatable bonds is 9. The quantitative estimate of drug-likeness (QED) is 0.184. The zero-order chi connectivity index (χ0) is 12.4. The highest BCUT2D eigenvalue weighted by molar-refractivity contribution is 5.80. The molecule has 0 aromatic rings. The van der Waals surface area contributed by atoms with Crippen LogP contribution in [0.5, 0.6) is 0 Å². The van der Waals surface area contributed by atoms with Crippen LogP contribution in [0.15, 0.2) is 5.16 Å². The molecule has 1 unspecified atom stereocenters. The fraction of sp³-hybridized carbons (Fsp3) is 0.909. The van der Waals surface area contributed by atoms with Crippen molar-refractivity contribution in [3.63, 3.8) is 0 Å². The summed E-state index contributed by atoms with van der Waals surface area (Å²) in [5.74, 6) is 0.267. The largest absolute Gasteiger partial charge is 0.409 e. The van der Waals surface area contributed by atoms with E-state index < -0.39 is 0 Å². The van der Waals surface area contributed by atoms with Gasteiger partial charge in [0.1, 0.15) is 5.84 Å². The van der Waals surface area contributed by atoms with E-state index in [1.807, 2.05) is 20.8 Å². The predicted octanol–water partition coefficient (Wildman–Crippen LogP) is 1.31. The van der Waals surface area contributed by atoms with Gasteiger partial charge in [-0.15, -0.1) is 0 Å². The molecule has 0 radical (unpaired) electrons. The molecular formula is C11H25N3O2. The topological polar surface area (TPSA) is 79.9 Å². The zero-order valence-electron chi connectivity index (χ0n) is 10.6. The second kappa shape index (κ2) is 9.42. The van der Waals surface area contributed by atoms with Crippen molar-refractivity contribution in [3.8, 4) is 0 Å². The van der Waals surface area contributed by atoms with Crippen molar-refractivity contribution in [2.75, 3.05) is 13.2 Å². The first-order valence-electron chi connectivity index (χ1n) is 5.87. The summed E-state index contributed by atoms with van der Waals surface area (Å²) in [6.07, 6.45) is 3.01. The molecule has 0 spiro atoms. The highest BCUT2D eigenvalue weighted by atomic mass is 16.5. The van der Waals surface area contributed by atoms with E-state index in [-0.39, 0.29) is 11.9 Å². The van der Waals surface area contributed by atoms with Crippen LogP contribution in [0.1, 0.15) is 40.0 Å². The van der Waals surface area contributed by atoms with Gasteiger partial charge in [0.15, 0.2) is 0 Å². The second-order valence-corrected chi connectivity index (χ2v) is 4.28. The van der Waals surface area contributed by atoms with Crippen LogP contribution in [0.4, 0.5) is 0 Å². The molecule has 4 N–H and O–H groups in total. The van der Waals surface area contributed by atoms with Crippen LogP contribution >= 0.6 is 0 Å². The molecule has 0 saturated heterocycles. The Balaban J connectivity index is 3.31. The summed E-state index contributed by atoms with van der Waals surface area (Å²) in [7, 11) is 0. The summed E-state index contributed by atoms with van der Waals surface area (Å²) >= 11 is 0. The normalized spacial score (nSPS) is 14.4. The van der Waals surface area contributed by atoms with Crippen molar-refractivity contribution < 1.29 is 9.94 Å². The molecule has 0 rings (SSSR count). The first-order chi connectivity index (χ1) is 7.56. The maximum Gasteiger partial charge on any atom is 0.140 e. The molecule has 0 aromatic heterocycles. The lowest BCUT2D eigenvalue weighted by molar-refractivity contribution is 0.0759. The van der Waals surface area contributed by atoms with Gasteiger partial charge < -0.3 is 21.0 Å². The van der Waals surface area contributed by atoms with Crippen LogP contribution in [0, 0.1) is 0 Å². The molecule has 0 saturated carbocycles. The molecule has 0 aliphatic rings. The average molecular weight is 231 g/mol. The highest BCUT2D eigenvalue weighted by Gasteiger charge is 2.03. The van der Waals surface area contributed by atoms with Crippen molar-refractivity contribution >= 4 is 5.84 Å². The Morgan fingerprint density at radius 3 is 2.62 bits per heavy atom. The summed E-state index contributed by atoms with van der Waals surface area (Å²) in [6.45, 7) is 7.84. The van der Waals surface area contributed by atoms with Gasteiger partial charge in [-0.3, -0.25) is 0 Å². The van der Waals surface area contributed by atoms with Crippen LogP contribution in [0.2, 0.25) is 0 Å². The van der Waals surface area contributed by atoms with E-state index >= 15 is 0 Å². The third kappa shape index (κ3) is 9.73. The summed E-state index contributed by atoms with van der Waals surface area (Å²) in [5.41, 5.74) is 5.40. The van der Waals surface area contributed by atoms with Crippen molar-refractivity contribution in [3.05, 3.63) is 0 Å². The Bertz CT molecular complexity index is 196. The van der Waals surface area contributed by atoms with Gasteiger partial charge in [0, 0.05) is 19.1 Å². The van der Waals surface area contributed by atoms with Gasteiger partial charge in [-0.1, -0.05) is 5.16 Å². The molecule has 0 heterocycles. The van der Waals surface area contributed by atoms with Gasteiger partial charge in [-0.2, -0.15) is 0 Å². The Morgan fingerprint density at radius 2 is 2.06 bits per heavy atom. The Kier molecular flexibility index (Phi) is 8.94. The van der Waals surface area contributed by atoms with E-state index in [1.54, 1.807) is 0 Å². The smallest absolute Gasteiger partial charge is 0.140 e. The fourth-order valence-electron chi connectivity index (χ4n) is 1.32. The van der Waals surface area contributed by atoms with Crippen molar-refractivity contribution in [2.24, 2.45) is 10.9 Å². The van der Waals surface area contributed by atoms with E-state index in [4.69, 9.17) is 15.7 Å². The molecule has 0 amide bonds. The minimum absolute atomic E-state index is 0.238. The molecule has 1 atom stereocenters. The molecule has 96 valence electrons. The van der Waals surface area contributed by atoms with E-state index in [2.05, 4.69) is 10.5 Å². The minimum Gasteiger partial charge on any atom is -0.409 e. The van der Waals surface area contributed by atoms with Gasteiger partial charge in [0.25, 0.3) is 0 Å². The van der Waals surface area contributed by atoms with Crippen molar-refractivity contribution in [1.29, 1.82) is 0 Å². The Morgan fingerprint density at radius 1 is 1.38 bits per heavy atom. The van der Waals surface area contributed by atoms with Gasteiger partial charge in [-0.05, 0) is 40.2 Å². The van der Waals surface area contributed by atoms with Crippen LogP contribution < -0.4 is 11.1 Å². The van der Waals surface area contributed by atoms with Crippen LogP contribution in [-0.4, -0.2) is 36.3 Å². The molecule has 0 aliphatic carbocycles. The number of hydrogen-bond donors (Lipinski definition) is 3. The number of amidine groups is 1. The van der Waals surface area contributed by atoms with Gasteiger partial charge >= 0.3 is 0 Å². The van der Waals surface area contributed by atoms with Crippen LogP contribution in [0.25, 0.3) is 0 Å². The number of nitrogens with zero attached hydrogens (tertiary/aromatic N) is 1. The molecule has 16 heavy (non-hydrogen) atoms. The third-order valence-electron chi connectivity index (χ3n) is 2.16. The summed E-state index contributed by atoms with van der Waals surface area (Å²) in [5, 5.41) is 14.6. The lowest BCUT2D eigenvalue weighted by Gasteiger charge is -2.13. The lowest BCUT2D eigenvalue weighted by Crippen LogP contribution is -2.31. The van der Waals surface area contributed by atoms with E-state index in [0.717, 1.165) is 26.0 Å². The number of nitrogens with one attached hydrogen (secondary N) is 1. The first kappa shape index (κ1) is 15.2. The van der Waals surface area contributed by atoms with E-state index in [9.17, 15) is 0 Å². The predicted molar refractivity (Wildman–Crippen MR) is 65.8 cm³/mol. The average Bonchev–Trinajstić information content (AvgIpc) is 2.22. The first-order valence-corrected chi connectivity index (χ1v) is 5.87. The van der Waals surface area contributed by atoms with Crippen molar-refractivity contribution in [1.82, 2.24) is 5.32 Å². The number of hydrogen-bond acceptors (Lipinski definition) is 4. The Labute approximate surface area is 98.0 Å². The minimum atomic E-state index is 0.238. The maximum absolute atomic E-state index is 8.40. The number of oxime groups is 1. The van der Waals surface area contributed by atoms with Gasteiger partial charge in [0.2, 0.25) is 0 Å². The SMILES string of the molecule is CC(CC(N)=NO)NCCCCOC(C)C. The van der Waals surface area contributed by atoms with E-state index in [1.165, 1.54) is 0 Å². The second-order valence-electron chi connectivity index (χ2n) is 4.28. The van der Waals surface area contributed by atoms with Gasteiger partial charge in [-0.25, -0.2) is 0 Å². The Hall–Kier alpha value is -0.810. The fourth-order valence-corrected chi connectivity index (χ4v) is 1.32.